The van der Waals surface area contributed by atoms with E-state index in [-0.39, 0.29) is 5.97 Å². The van der Waals surface area contributed by atoms with Gasteiger partial charge in [0.05, 0.1) is 0 Å². The molecule has 0 unspecified atom stereocenters. The van der Waals surface area contributed by atoms with Gasteiger partial charge in [-0.05, 0) is 0 Å². The van der Waals surface area contributed by atoms with E-state index in [1.54, 1.807) is 0 Å². The Bertz CT molecular complexity index is 142. The molecule has 0 aromatic heterocycles. The fraction of sp³-hybridized carbons (Fsp3) is 0.889. The van der Waals surface area contributed by atoms with Crippen molar-refractivity contribution < 1.29 is 9.53 Å². The molecule has 0 aromatic rings. The molecule has 3 nitrogen and oxygen atoms in total. The van der Waals surface area contributed by atoms with E-state index >= 15 is 0 Å². The van der Waals surface area contributed by atoms with E-state index in [1.807, 2.05) is 0 Å². The van der Waals surface area contributed by atoms with Crippen LogP contribution in [0, 0.1) is 0 Å². The molecular weight excluding hydrogens is 233 g/mol. The Morgan fingerprint density at radius 2 is 2.31 bits per heavy atom. The van der Waals surface area contributed by atoms with Gasteiger partial charge in [0, 0.05) is 0 Å². The summed E-state index contributed by atoms with van der Waals surface area (Å²) >= 11 is 0.599. The van der Waals surface area contributed by atoms with Crippen LogP contribution < -0.4 is 5.73 Å². The maximum absolute atomic E-state index is 11.2. The molecule has 0 spiro atoms. The summed E-state index contributed by atoms with van der Waals surface area (Å²) in [6, 6.07) is -0.404. The Labute approximate surface area is 86.6 Å². The monoisotopic (exact) mass is 253 g/mol. The van der Waals surface area contributed by atoms with Crippen LogP contribution >= 0.6 is 0 Å². The number of ether oxygens (including phenoxy) is 1. The Morgan fingerprint density at radius 1 is 1.62 bits per heavy atom. The average Bonchev–Trinajstić information content (AvgIpc) is 2.14. The van der Waals surface area contributed by atoms with Gasteiger partial charge in [0.15, 0.2) is 0 Å². The summed E-state index contributed by atoms with van der Waals surface area (Å²) in [4.78, 5) is 11.2. The summed E-state index contributed by atoms with van der Waals surface area (Å²) < 4.78 is 4.98. The predicted molar refractivity (Wildman–Crippen MR) is 54.9 cm³/mol. The van der Waals surface area contributed by atoms with E-state index < -0.39 is 6.04 Å². The van der Waals surface area contributed by atoms with E-state index in [4.69, 9.17) is 10.5 Å². The van der Waals surface area contributed by atoms with E-state index in [9.17, 15) is 4.79 Å². The second kappa shape index (κ2) is 8.54. The molecule has 2 N–H and O–H groups in total. The molecule has 1 atom stereocenters. The van der Waals surface area contributed by atoms with Gasteiger partial charge in [-0.1, -0.05) is 0 Å². The van der Waals surface area contributed by atoms with Crippen LogP contribution in [0.25, 0.3) is 0 Å². The van der Waals surface area contributed by atoms with Crippen molar-refractivity contribution in [2.45, 2.75) is 43.4 Å². The number of hydrogen-bond acceptors (Lipinski definition) is 3. The molecule has 0 radical (unpaired) electrons. The number of unbranched alkanes of at least 4 members (excludes halogenated alkanes) is 1. The van der Waals surface area contributed by atoms with Gasteiger partial charge < -0.3 is 0 Å². The van der Waals surface area contributed by atoms with Crippen LogP contribution in [0.5, 0.6) is 0 Å². The van der Waals surface area contributed by atoms with Crippen molar-refractivity contribution in [3.05, 3.63) is 0 Å². The zero-order chi connectivity index (χ0) is 10.1. The van der Waals surface area contributed by atoms with Gasteiger partial charge in [0.25, 0.3) is 0 Å². The molecule has 78 valence electrons. The second-order valence-corrected chi connectivity index (χ2v) is 4.98. The Morgan fingerprint density at radius 3 is 2.85 bits per heavy atom. The van der Waals surface area contributed by atoms with Crippen LogP contribution in [0.3, 0.4) is 0 Å². The minimum absolute atomic E-state index is 0.238. The van der Waals surface area contributed by atoms with Crippen molar-refractivity contribution in [1.29, 1.82) is 0 Å². The van der Waals surface area contributed by atoms with Crippen LogP contribution in [0.15, 0.2) is 0 Å². The summed E-state index contributed by atoms with van der Waals surface area (Å²) in [6.45, 7) is 2.58. The van der Waals surface area contributed by atoms with Gasteiger partial charge in [-0.2, -0.15) is 0 Å². The van der Waals surface area contributed by atoms with E-state index in [1.165, 1.54) is 0 Å². The van der Waals surface area contributed by atoms with E-state index in [0.29, 0.717) is 21.6 Å². The summed E-state index contributed by atoms with van der Waals surface area (Å²) in [5.41, 5.74) is 5.62. The molecule has 0 saturated carbocycles. The first kappa shape index (κ1) is 12.9. The summed E-state index contributed by atoms with van der Waals surface area (Å²) in [6.07, 6.45) is 2.73. The molecule has 0 aliphatic heterocycles. The third-order valence-electron chi connectivity index (χ3n) is 1.68. The molecule has 0 rings (SSSR count). The first-order valence-electron chi connectivity index (χ1n) is 4.63. The fourth-order valence-corrected chi connectivity index (χ4v) is 1.81. The van der Waals surface area contributed by atoms with Crippen molar-refractivity contribution in [3.8, 4) is 0 Å². The molecule has 0 bridgehead atoms. The molecule has 0 fully saturated rings. The Balaban J connectivity index is 3.45. The molecule has 4 heteroatoms. The van der Waals surface area contributed by atoms with Gasteiger partial charge in [-0.25, -0.2) is 0 Å². The minimum atomic E-state index is -0.404. The van der Waals surface area contributed by atoms with Crippen molar-refractivity contribution in [3.63, 3.8) is 0 Å². The average molecular weight is 252 g/mol. The fourth-order valence-electron chi connectivity index (χ4n) is 0.787. The van der Waals surface area contributed by atoms with Gasteiger partial charge in [-0.15, -0.1) is 0 Å². The SMILES string of the molecule is CCCCOC(=O)[C@@H](N)CC[Se]C. The molecule has 0 aromatic carbocycles. The van der Waals surface area contributed by atoms with Gasteiger partial charge in [-0.3, -0.25) is 0 Å². The molecule has 0 amide bonds. The standard InChI is InChI=1S/C9H19NO2Se/c1-3-4-6-12-9(11)8(10)5-7-13-2/h8H,3-7,10H2,1-2H3/t8-/m0/s1. The molecule has 0 heterocycles. The van der Waals surface area contributed by atoms with Crippen LogP contribution in [0.4, 0.5) is 0 Å². The first-order valence-corrected chi connectivity index (χ1v) is 7.56. The van der Waals surface area contributed by atoms with Gasteiger partial charge >= 0.3 is 86.2 Å². The Kier molecular flexibility index (Phi) is 8.51. The topological polar surface area (TPSA) is 52.3 Å². The van der Waals surface area contributed by atoms with Crippen LogP contribution in [0.1, 0.15) is 26.2 Å². The molecule has 0 aliphatic rings. The second-order valence-electron chi connectivity index (χ2n) is 2.91. The quantitative estimate of drug-likeness (QED) is 0.421. The molecule has 13 heavy (non-hydrogen) atoms. The normalized spacial score (nSPS) is 12.5. The number of carbonyl (C=O) groups excluding carboxylic acids is 1. The summed E-state index contributed by atoms with van der Waals surface area (Å²) in [5, 5.41) is 1.05. The van der Waals surface area contributed by atoms with Crippen molar-refractivity contribution in [2.24, 2.45) is 5.73 Å². The first-order chi connectivity index (χ1) is 6.22. The van der Waals surface area contributed by atoms with Gasteiger partial charge in [0.1, 0.15) is 0 Å². The Hall–Kier alpha value is -0.0505. The van der Waals surface area contributed by atoms with Crippen LogP contribution in [-0.2, 0) is 9.53 Å². The number of esters is 1. The third kappa shape index (κ3) is 7.05. The zero-order valence-corrected chi connectivity index (χ0v) is 10.1. The van der Waals surface area contributed by atoms with E-state index in [2.05, 4.69) is 12.7 Å². The number of rotatable bonds is 7. The van der Waals surface area contributed by atoms with E-state index in [0.717, 1.165) is 24.6 Å². The zero-order valence-electron chi connectivity index (χ0n) is 8.41. The van der Waals surface area contributed by atoms with Crippen molar-refractivity contribution in [2.75, 3.05) is 6.61 Å². The molecule has 0 saturated heterocycles. The maximum atomic E-state index is 11.2. The van der Waals surface area contributed by atoms with Crippen LogP contribution in [0.2, 0.25) is 11.1 Å². The third-order valence-corrected chi connectivity index (χ3v) is 3.03. The predicted octanol–water partition coefficient (Wildman–Crippen LogP) is 1.22. The number of nitrogens with two attached hydrogens (primary N) is 1. The van der Waals surface area contributed by atoms with Gasteiger partial charge in [0.2, 0.25) is 0 Å². The summed E-state index contributed by atoms with van der Waals surface area (Å²) in [5.74, 6) is 1.90. The number of carbonyl (C=O) groups is 1. The molecule has 0 aliphatic carbocycles. The van der Waals surface area contributed by atoms with Crippen molar-refractivity contribution in [1.82, 2.24) is 0 Å². The van der Waals surface area contributed by atoms with Crippen molar-refractivity contribution >= 4 is 20.9 Å². The molecular formula is C9H19NO2Se. The number of hydrogen-bond donors (Lipinski definition) is 1. The van der Waals surface area contributed by atoms with Crippen LogP contribution in [-0.4, -0.2) is 33.6 Å². The summed E-state index contributed by atoms with van der Waals surface area (Å²) in [7, 11) is 0.